The molecule has 0 bridgehead atoms. The predicted molar refractivity (Wildman–Crippen MR) is 59.0 cm³/mol. The summed E-state index contributed by atoms with van der Waals surface area (Å²) < 4.78 is 25.4. The van der Waals surface area contributed by atoms with Gasteiger partial charge in [-0.3, -0.25) is 4.79 Å². The molecule has 1 aromatic rings. The number of halogens is 1. The summed E-state index contributed by atoms with van der Waals surface area (Å²) in [4.78, 5) is 13.0. The lowest BCUT2D eigenvalue weighted by Crippen LogP contribution is -2.26. The third-order valence-corrected chi connectivity index (χ3v) is 3.49. The number of pyridine rings is 1. The van der Waals surface area contributed by atoms with Crippen molar-refractivity contribution >= 4 is 21.6 Å². The van der Waals surface area contributed by atoms with Crippen molar-refractivity contribution in [2.75, 3.05) is 13.2 Å². The first-order valence-electron chi connectivity index (χ1n) is 4.46. The number of aliphatic hydroxyl groups excluding tert-OH is 1. The molecular weight excluding hydrogens is 256 g/mol. The van der Waals surface area contributed by atoms with Gasteiger partial charge in [0.2, 0.25) is 10.0 Å². The molecule has 90 valence electrons. The molecule has 1 aromatic heterocycles. The molecule has 0 fully saturated rings. The Morgan fingerprint density at radius 2 is 2.19 bits per heavy atom. The molecule has 1 rings (SSSR count). The van der Waals surface area contributed by atoms with E-state index >= 15 is 0 Å². The van der Waals surface area contributed by atoms with Gasteiger partial charge in [-0.1, -0.05) is 11.6 Å². The molecule has 0 spiro atoms. The van der Waals surface area contributed by atoms with Crippen molar-refractivity contribution in [2.45, 2.75) is 11.3 Å². The highest BCUT2D eigenvalue weighted by Crippen LogP contribution is 2.09. The molecule has 0 saturated heterocycles. The van der Waals surface area contributed by atoms with Crippen LogP contribution in [0, 0.1) is 0 Å². The minimum Gasteiger partial charge on any atom is -0.396 e. The second-order valence-electron chi connectivity index (χ2n) is 2.99. The molecule has 0 aliphatic heterocycles. The molecule has 0 atom stereocenters. The number of aliphatic hydroxyl groups is 1. The van der Waals surface area contributed by atoms with Crippen LogP contribution in [0.2, 0.25) is 5.02 Å². The number of rotatable bonds is 5. The molecule has 0 unspecified atom stereocenters. The number of aromatic nitrogens is 1. The van der Waals surface area contributed by atoms with E-state index in [4.69, 9.17) is 16.7 Å². The molecule has 16 heavy (non-hydrogen) atoms. The Morgan fingerprint density at radius 3 is 2.75 bits per heavy atom. The Bertz CT molecular complexity index is 511. The summed E-state index contributed by atoms with van der Waals surface area (Å²) in [5.41, 5.74) is -0.545. The molecule has 3 N–H and O–H groups in total. The van der Waals surface area contributed by atoms with Gasteiger partial charge in [-0.2, -0.15) is 0 Å². The molecule has 6 nitrogen and oxygen atoms in total. The molecule has 0 aliphatic carbocycles. The summed E-state index contributed by atoms with van der Waals surface area (Å²) in [6.45, 7) is 0.0183. The van der Waals surface area contributed by atoms with Gasteiger partial charge in [-0.25, -0.2) is 13.1 Å². The summed E-state index contributed by atoms with van der Waals surface area (Å²) in [6.07, 6.45) is 1.38. The van der Waals surface area contributed by atoms with Crippen LogP contribution in [0.3, 0.4) is 0 Å². The average Bonchev–Trinajstić information content (AvgIpc) is 2.22. The van der Waals surface area contributed by atoms with Crippen LogP contribution >= 0.6 is 11.6 Å². The number of nitrogens with one attached hydrogen (secondary N) is 2. The summed E-state index contributed by atoms with van der Waals surface area (Å²) in [7, 11) is -3.69. The number of H-pyrrole nitrogens is 1. The third kappa shape index (κ3) is 3.31. The third-order valence-electron chi connectivity index (χ3n) is 1.77. The maximum atomic E-state index is 11.6. The van der Waals surface area contributed by atoms with Crippen LogP contribution in [0.4, 0.5) is 0 Å². The van der Waals surface area contributed by atoms with Gasteiger partial charge >= 0.3 is 0 Å². The van der Waals surface area contributed by atoms with Gasteiger partial charge < -0.3 is 10.1 Å². The van der Waals surface area contributed by atoms with Crippen LogP contribution < -0.4 is 10.3 Å². The normalized spacial score (nSPS) is 11.6. The topological polar surface area (TPSA) is 99.3 Å². The first-order chi connectivity index (χ1) is 7.47. The van der Waals surface area contributed by atoms with Crippen molar-refractivity contribution in [3.63, 3.8) is 0 Å². The van der Waals surface area contributed by atoms with E-state index in [-0.39, 0.29) is 23.1 Å². The lowest BCUT2D eigenvalue weighted by Gasteiger charge is -2.05. The highest BCUT2D eigenvalue weighted by Gasteiger charge is 2.14. The molecule has 0 aliphatic rings. The van der Waals surface area contributed by atoms with Crippen LogP contribution in [0.15, 0.2) is 22.0 Å². The van der Waals surface area contributed by atoms with Crippen LogP contribution in [-0.2, 0) is 10.0 Å². The standard InChI is InChI=1S/C8H11ClN2O4S/c9-7-4-6(5-10-8(7)13)16(14,15)11-2-1-3-12/h4-5,11-12H,1-3H2,(H,10,13). The minimum atomic E-state index is -3.69. The molecular formula is C8H11ClN2O4S. The lowest BCUT2D eigenvalue weighted by molar-refractivity contribution is 0.289. The van der Waals surface area contributed by atoms with Gasteiger partial charge in [0.05, 0.1) is 4.90 Å². The zero-order chi connectivity index (χ0) is 12.2. The smallest absolute Gasteiger partial charge is 0.266 e. The second-order valence-corrected chi connectivity index (χ2v) is 5.16. The Kier molecular flexibility index (Phi) is 4.48. The maximum absolute atomic E-state index is 11.6. The maximum Gasteiger partial charge on any atom is 0.266 e. The molecule has 0 saturated carbocycles. The Balaban J connectivity index is 2.90. The van der Waals surface area contributed by atoms with E-state index in [2.05, 4.69) is 9.71 Å². The summed E-state index contributed by atoms with van der Waals surface area (Å²) in [5.74, 6) is 0. The van der Waals surface area contributed by atoms with E-state index in [1.165, 1.54) is 0 Å². The van der Waals surface area contributed by atoms with Crippen molar-refractivity contribution < 1.29 is 13.5 Å². The van der Waals surface area contributed by atoms with Crippen LogP contribution in [0.25, 0.3) is 0 Å². The fraction of sp³-hybridized carbons (Fsp3) is 0.375. The zero-order valence-electron chi connectivity index (χ0n) is 8.23. The average molecular weight is 267 g/mol. The van der Waals surface area contributed by atoms with Crippen LogP contribution in [0.1, 0.15) is 6.42 Å². The molecule has 0 aromatic carbocycles. The number of hydrogen-bond donors (Lipinski definition) is 3. The summed E-state index contributed by atoms with van der Waals surface area (Å²) >= 11 is 5.51. The van der Waals surface area contributed by atoms with Crippen LogP contribution in [0.5, 0.6) is 0 Å². The van der Waals surface area contributed by atoms with Gasteiger partial charge in [0, 0.05) is 19.3 Å². The highest BCUT2D eigenvalue weighted by molar-refractivity contribution is 7.89. The van der Waals surface area contributed by atoms with E-state index in [9.17, 15) is 13.2 Å². The number of hydrogen-bond acceptors (Lipinski definition) is 4. The van der Waals surface area contributed by atoms with Crippen molar-refractivity contribution in [1.29, 1.82) is 0 Å². The van der Waals surface area contributed by atoms with Gasteiger partial charge in [-0.15, -0.1) is 0 Å². The van der Waals surface area contributed by atoms with Gasteiger partial charge in [0.15, 0.2) is 0 Å². The van der Waals surface area contributed by atoms with Gasteiger partial charge in [0.25, 0.3) is 5.56 Å². The highest BCUT2D eigenvalue weighted by atomic mass is 35.5. The minimum absolute atomic E-state index is 0.102. The SMILES string of the molecule is O=c1[nH]cc(S(=O)(=O)NCCCO)cc1Cl. The van der Waals surface area contributed by atoms with E-state index in [1.54, 1.807) is 0 Å². The van der Waals surface area contributed by atoms with Crippen molar-refractivity contribution in [3.8, 4) is 0 Å². The Labute approximate surface area is 97.3 Å². The Morgan fingerprint density at radius 1 is 1.50 bits per heavy atom. The van der Waals surface area contributed by atoms with Gasteiger partial charge in [0.1, 0.15) is 5.02 Å². The molecule has 1 heterocycles. The molecule has 0 amide bonds. The van der Waals surface area contributed by atoms with Crippen molar-refractivity contribution in [1.82, 2.24) is 9.71 Å². The van der Waals surface area contributed by atoms with E-state index in [1.807, 2.05) is 0 Å². The summed E-state index contributed by atoms with van der Waals surface area (Å²) in [5, 5.41) is 8.32. The summed E-state index contributed by atoms with van der Waals surface area (Å²) in [6, 6.07) is 1.07. The van der Waals surface area contributed by atoms with E-state index in [0.29, 0.717) is 6.42 Å². The second kappa shape index (κ2) is 5.44. The number of aromatic amines is 1. The van der Waals surface area contributed by atoms with Crippen molar-refractivity contribution in [2.24, 2.45) is 0 Å². The van der Waals surface area contributed by atoms with E-state index < -0.39 is 15.6 Å². The molecule has 0 radical (unpaired) electrons. The monoisotopic (exact) mass is 266 g/mol. The van der Waals surface area contributed by atoms with E-state index in [0.717, 1.165) is 12.3 Å². The van der Waals surface area contributed by atoms with Crippen molar-refractivity contribution in [3.05, 3.63) is 27.6 Å². The first-order valence-corrected chi connectivity index (χ1v) is 6.32. The molecule has 8 heteroatoms. The predicted octanol–water partition coefficient (Wildman–Crippen LogP) is -0.311. The van der Waals surface area contributed by atoms with Crippen LogP contribution in [-0.4, -0.2) is 31.7 Å². The fourth-order valence-electron chi connectivity index (χ4n) is 0.962. The first kappa shape index (κ1) is 13.2. The van der Waals surface area contributed by atoms with Gasteiger partial charge in [-0.05, 0) is 12.5 Å². The quantitative estimate of drug-likeness (QED) is 0.637. The number of sulfonamides is 1. The lowest BCUT2D eigenvalue weighted by atomic mass is 10.5. The fourth-order valence-corrected chi connectivity index (χ4v) is 2.27. The zero-order valence-corrected chi connectivity index (χ0v) is 9.81. The largest absolute Gasteiger partial charge is 0.396 e. The Hall–Kier alpha value is -0.890.